The quantitative estimate of drug-likeness (QED) is 0.764. The van der Waals surface area contributed by atoms with Crippen LogP contribution < -0.4 is 5.32 Å². The van der Waals surface area contributed by atoms with Crippen molar-refractivity contribution in [2.45, 2.75) is 31.6 Å². The van der Waals surface area contributed by atoms with Crippen LogP contribution in [-0.2, 0) is 0 Å². The fourth-order valence-corrected chi connectivity index (χ4v) is 2.24. The highest BCUT2D eigenvalue weighted by Crippen LogP contribution is 2.34. The van der Waals surface area contributed by atoms with Crippen molar-refractivity contribution in [3.63, 3.8) is 0 Å². The number of para-hydroxylation sites is 1. The Balaban J connectivity index is 2.14. The van der Waals surface area contributed by atoms with E-state index in [4.69, 9.17) is 0 Å². The van der Waals surface area contributed by atoms with Gasteiger partial charge in [-0.3, -0.25) is 0 Å². The molecule has 1 aliphatic heterocycles. The molecule has 1 aromatic carbocycles. The smallest absolute Gasteiger partial charge is 0.0375 e. The Labute approximate surface area is 86.5 Å². The summed E-state index contributed by atoms with van der Waals surface area (Å²) in [4.78, 5) is 0. The molecule has 1 heteroatoms. The Morgan fingerprint density at radius 2 is 2.21 bits per heavy atom. The van der Waals surface area contributed by atoms with Gasteiger partial charge in [-0.1, -0.05) is 38.0 Å². The van der Waals surface area contributed by atoms with Gasteiger partial charge in [-0.25, -0.2) is 0 Å². The first-order valence-electron chi connectivity index (χ1n) is 5.54. The number of benzene rings is 1. The molecule has 1 radical (unpaired) electrons. The second-order valence-corrected chi connectivity index (χ2v) is 4.00. The molecular formula is C13H18N. The van der Waals surface area contributed by atoms with Gasteiger partial charge in [0.1, 0.15) is 0 Å². The van der Waals surface area contributed by atoms with E-state index in [0.29, 0.717) is 0 Å². The Hall–Kier alpha value is -0.980. The van der Waals surface area contributed by atoms with Crippen molar-refractivity contribution in [2.75, 3.05) is 11.9 Å². The van der Waals surface area contributed by atoms with Crippen LogP contribution in [0.3, 0.4) is 0 Å². The largest absolute Gasteiger partial charge is 0.385 e. The predicted octanol–water partition coefficient (Wildman–Crippen LogP) is 3.59. The molecular weight excluding hydrogens is 170 g/mol. The summed E-state index contributed by atoms with van der Waals surface area (Å²) in [6.07, 6.45) is 4.88. The second-order valence-electron chi connectivity index (χ2n) is 4.00. The van der Waals surface area contributed by atoms with E-state index in [1.807, 2.05) is 0 Å². The van der Waals surface area contributed by atoms with E-state index < -0.39 is 0 Å². The van der Waals surface area contributed by atoms with Crippen molar-refractivity contribution < 1.29 is 0 Å². The summed E-state index contributed by atoms with van der Waals surface area (Å²) in [7, 11) is 0. The zero-order valence-electron chi connectivity index (χ0n) is 8.63. The van der Waals surface area contributed by atoms with Crippen molar-refractivity contribution >= 4 is 5.69 Å². The van der Waals surface area contributed by atoms with E-state index in [1.54, 1.807) is 0 Å². The average Bonchev–Trinajstić information content (AvgIpc) is 2.26. The topological polar surface area (TPSA) is 12.0 Å². The molecule has 1 heterocycles. The van der Waals surface area contributed by atoms with E-state index in [9.17, 15) is 0 Å². The molecule has 75 valence electrons. The minimum absolute atomic E-state index is 0.759. The van der Waals surface area contributed by atoms with Crippen molar-refractivity contribution in [1.29, 1.82) is 0 Å². The lowest BCUT2D eigenvalue weighted by atomic mass is 9.87. The van der Waals surface area contributed by atoms with Crippen LogP contribution in [0.4, 0.5) is 5.69 Å². The monoisotopic (exact) mass is 188 g/mol. The van der Waals surface area contributed by atoms with Crippen molar-refractivity contribution in [3.05, 3.63) is 36.8 Å². The second kappa shape index (κ2) is 4.50. The number of fused-ring (bicyclic) bond motifs is 1. The summed E-state index contributed by atoms with van der Waals surface area (Å²) in [5.74, 6) is 0.759. The molecule has 0 aliphatic carbocycles. The van der Waals surface area contributed by atoms with Crippen LogP contribution in [0, 0.1) is 6.92 Å². The van der Waals surface area contributed by atoms with Crippen molar-refractivity contribution in [1.82, 2.24) is 0 Å². The summed E-state index contributed by atoms with van der Waals surface area (Å²) in [5, 5.41) is 3.45. The van der Waals surface area contributed by atoms with Crippen molar-refractivity contribution in [2.24, 2.45) is 0 Å². The Bertz CT molecular complexity index is 293. The molecule has 1 nitrogen and oxygen atoms in total. The molecule has 0 amide bonds. The predicted molar refractivity (Wildman–Crippen MR) is 61.5 cm³/mol. The average molecular weight is 188 g/mol. The van der Waals surface area contributed by atoms with Gasteiger partial charge in [0.15, 0.2) is 0 Å². The highest BCUT2D eigenvalue weighted by atomic mass is 14.9. The Kier molecular flexibility index (Phi) is 3.07. The minimum atomic E-state index is 0.759. The molecule has 0 bridgehead atoms. The van der Waals surface area contributed by atoms with Crippen LogP contribution in [0.15, 0.2) is 24.3 Å². The fourth-order valence-electron chi connectivity index (χ4n) is 2.24. The zero-order valence-corrected chi connectivity index (χ0v) is 8.63. The molecule has 14 heavy (non-hydrogen) atoms. The van der Waals surface area contributed by atoms with Crippen LogP contribution in [0.5, 0.6) is 0 Å². The summed E-state index contributed by atoms with van der Waals surface area (Å²) in [6, 6.07) is 8.69. The molecule has 0 spiro atoms. The SMILES string of the molecule is [CH2]CCCC1CCNc2ccccc21. The standard InChI is InChI=1S/C13H18N/c1-2-3-6-11-9-10-14-13-8-5-4-7-12(11)13/h4-5,7-8,11,14H,1-3,6,9-10H2. The first-order chi connectivity index (χ1) is 6.92. The van der Waals surface area contributed by atoms with E-state index in [0.717, 1.165) is 18.9 Å². The van der Waals surface area contributed by atoms with Crippen LogP contribution >= 0.6 is 0 Å². The van der Waals surface area contributed by atoms with Gasteiger partial charge in [0.2, 0.25) is 0 Å². The summed E-state index contributed by atoms with van der Waals surface area (Å²) in [5.41, 5.74) is 2.85. The lowest BCUT2D eigenvalue weighted by Crippen LogP contribution is -2.16. The third-order valence-electron chi connectivity index (χ3n) is 3.01. The third-order valence-corrected chi connectivity index (χ3v) is 3.01. The van der Waals surface area contributed by atoms with Gasteiger partial charge >= 0.3 is 0 Å². The van der Waals surface area contributed by atoms with E-state index in [-0.39, 0.29) is 0 Å². The number of hydrogen-bond acceptors (Lipinski definition) is 1. The van der Waals surface area contributed by atoms with Crippen molar-refractivity contribution in [3.8, 4) is 0 Å². The Morgan fingerprint density at radius 1 is 1.36 bits per heavy atom. The minimum Gasteiger partial charge on any atom is -0.385 e. The van der Waals surface area contributed by atoms with E-state index in [2.05, 4.69) is 36.5 Å². The molecule has 1 aliphatic rings. The molecule has 1 unspecified atom stereocenters. The molecule has 1 aromatic rings. The van der Waals surface area contributed by atoms with Gasteiger partial charge in [-0.15, -0.1) is 0 Å². The van der Waals surface area contributed by atoms with Gasteiger partial charge in [-0.05, 0) is 30.4 Å². The molecule has 0 fully saturated rings. The molecule has 1 atom stereocenters. The first-order valence-corrected chi connectivity index (χ1v) is 5.54. The zero-order chi connectivity index (χ0) is 9.80. The number of nitrogens with one attached hydrogen (secondary N) is 1. The summed E-state index contributed by atoms with van der Waals surface area (Å²) < 4.78 is 0. The summed E-state index contributed by atoms with van der Waals surface area (Å²) >= 11 is 0. The number of anilines is 1. The highest BCUT2D eigenvalue weighted by Gasteiger charge is 2.18. The van der Waals surface area contributed by atoms with E-state index in [1.165, 1.54) is 30.5 Å². The fraction of sp³-hybridized carbons (Fsp3) is 0.462. The van der Waals surface area contributed by atoms with Gasteiger partial charge < -0.3 is 5.32 Å². The highest BCUT2D eigenvalue weighted by molar-refractivity contribution is 5.54. The molecule has 0 aromatic heterocycles. The van der Waals surface area contributed by atoms with Gasteiger partial charge in [0.25, 0.3) is 0 Å². The van der Waals surface area contributed by atoms with Gasteiger partial charge in [-0.2, -0.15) is 0 Å². The molecule has 1 N–H and O–H groups in total. The lowest BCUT2D eigenvalue weighted by Gasteiger charge is -2.26. The Morgan fingerprint density at radius 3 is 3.07 bits per heavy atom. The number of rotatable bonds is 3. The summed E-state index contributed by atoms with van der Waals surface area (Å²) in [6.45, 7) is 5.03. The lowest BCUT2D eigenvalue weighted by molar-refractivity contribution is 0.557. The third kappa shape index (κ3) is 1.92. The molecule has 0 saturated carbocycles. The number of hydrogen-bond donors (Lipinski definition) is 1. The van der Waals surface area contributed by atoms with Gasteiger partial charge in [0, 0.05) is 12.2 Å². The van der Waals surface area contributed by atoms with Gasteiger partial charge in [0.05, 0.1) is 0 Å². The van der Waals surface area contributed by atoms with Crippen LogP contribution in [0.2, 0.25) is 0 Å². The van der Waals surface area contributed by atoms with E-state index >= 15 is 0 Å². The maximum atomic E-state index is 3.91. The first kappa shape index (κ1) is 9.57. The molecule has 0 saturated heterocycles. The molecule has 2 rings (SSSR count). The maximum Gasteiger partial charge on any atom is 0.0375 e. The maximum absolute atomic E-state index is 3.91. The van der Waals surface area contributed by atoms with Crippen LogP contribution in [-0.4, -0.2) is 6.54 Å². The normalized spacial score (nSPS) is 19.9. The number of unbranched alkanes of at least 4 members (excludes halogenated alkanes) is 1. The van der Waals surface area contributed by atoms with Crippen LogP contribution in [0.25, 0.3) is 0 Å². The van der Waals surface area contributed by atoms with Crippen LogP contribution in [0.1, 0.15) is 37.2 Å².